The van der Waals surface area contributed by atoms with Crippen molar-refractivity contribution in [3.8, 4) is 0 Å². The van der Waals surface area contributed by atoms with Gasteiger partial charge in [0.05, 0.1) is 19.0 Å². The molecule has 1 amide bonds. The van der Waals surface area contributed by atoms with E-state index in [-0.39, 0.29) is 18.1 Å². The minimum atomic E-state index is -0.0945. The van der Waals surface area contributed by atoms with Crippen molar-refractivity contribution in [1.82, 2.24) is 4.90 Å². The zero-order valence-corrected chi connectivity index (χ0v) is 10.2. The summed E-state index contributed by atoms with van der Waals surface area (Å²) in [5.41, 5.74) is 6.65. The molecule has 94 valence electrons. The fourth-order valence-corrected chi connectivity index (χ4v) is 1.91. The third kappa shape index (κ3) is 2.50. The molecule has 2 unspecified atom stereocenters. The van der Waals surface area contributed by atoms with Gasteiger partial charge in [0.15, 0.2) is 5.76 Å². The van der Waals surface area contributed by atoms with E-state index in [2.05, 4.69) is 0 Å². The van der Waals surface area contributed by atoms with Crippen molar-refractivity contribution in [2.24, 2.45) is 5.73 Å². The Morgan fingerprint density at radius 1 is 1.65 bits per heavy atom. The molecule has 5 heteroatoms. The Morgan fingerprint density at radius 2 is 2.41 bits per heavy atom. The molecule has 1 saturated heterocycles. The molecule has 2 rings (SSSR count). The highest BCUT2D eigenvalue weighted by atomic mass is 16.5. The van der Waals surface area contributed by atoms with Gasteiger partial charge < -0.3 is 19.8 Å². The summed E-state index contributed by atoms with van der Waals surface area (Å²) in [5.74, 6) is 0.330. The molecule has 2 atom stereocenters. The first-order valence-corrected chi connectivity index (χ1v) is 5.80. The molecule has 5 nitrogen and oxygen atoms in total. The third-order valence-electron chi connectivity index (χ3n) is 3.02. The quantitative estimate of drug-likeness (QED) is 0.826. The van der Waals surface area contributed by atoms with Crippen molar-refractivity contribution in [3.05, 3.63) is 23.7 Å². The predicted octanol–water partition coefficient (Wildman–Crippen LogP) is 0.776. The molecule has 1 aromatic heterocycles. The van der Waals surface area contributed by atoms with Gasteiger partial charge in [0.2, 0.25) is 0 Å². The summed E-state index contributed by atoms with van der Waals surface area (Å²) in [6.45, 7) is 5.38. The number of carbonyl (C=O) groups excluding carboxylic acids is 1. The van der Waals surface area contributed by atoms with E-state index in [1.165, 1.54) is 6.26 Å². The number of aryl methyl sites for hydroxylation is 1. The standard InChI is InChI=1S/C12H18N2O3/c1-8-3-5-17-11(8)12(15)14-4-6-16-10(7-14)9(2)13/h3,5,9-10H,4,6-7,13H2,1-2H3. The Bertz CT molecular complexity index is 400. The first kappa shape index (κ1) is 12.1. The lowest BCUT2D eigenvalue weighted by Crippen LogP contribution is -2.51. The van der Waals surface area contributed by atoms with Crippen molar-refractivity contribution >= 4 is 5.91 Å². The summed E-state index contributed by atoms with van der Waals surface area (Å²) >= 11 is 0. The number of hydrogen-bond donors (Lipinski definition) is 1. The Labute approximate surface area is 101 Å². The molecule has 0 saturated carbocycles. The lowest BCUT2D eigenvalue weighted by atomic mass is 10.1. The summed E-state index contributed by atoms with van der Waals surface area (Å²) in [4.78, 5) is 13.9. The summed E-state index contributed by atoms with van der Waals surface area (Å²) in [6, 6.07) is 1.71. The number of amides is 1. The number of morpholine rings is 1. The molecule has 1 aliphatic heterocycles. The van der Waals surface area contributed by atoms with Crippen molar-refractivity contribution in [3.63, 3.8) is 0 Å². The van der Waals surface area contributed by atoms with E-state index < -0.39 is 0 Å². The highest BCUT2D eigenvalue weighted by Gasteiger charge is 2.28. The first-order valence-electron chi connectivity index (χ1n) is 5.80. The number of nitrogens with zero attached hydrogens (tertiary/aromatic N) is 1. The maximum atomic E-state index is 12.2. The molecule has 1 aliphatic rings. The fourth-order valence-electron chi connectivity index (χ4n) is 1.91. The smallest absolute Gasteiger partial charge is 0.289 e. The molecule has 17 heavy (non-hydrogen) atoms. The van der Waals surface area contributed by atoms with Gasteiger partial charge in [-0.25, -0.2) is 0 Å². The van der Waals surface area contributed by atoms with E-state index >= 15 is 0 Å². The Kier molecular flexibility index (Phi) is 3.49. The van der Waals surface area contributed by atoms with Crippen LogP contribution in [-0.2, 0) is 4.74 Å². The lowest BCUT2D eigenvalue weighted by Gasteiger charge is -2.34. The van der Waals surface area contributed by atoms with Crippen molar-refractivity contribution in [1.29, 1.82) is 0 Å². The predicted molar refractivity (Wildman–Crippen MR) is 62.7 cm³/mol. The number of carbonyl (C=O) groups is 1. The molecule has 0 aliphatic carbocycles. The van der Waals surface area contributed by atoms with E-state index in [1.54, 1.807) is 11.0 Å². The van der Waals surface area contributed by atoms with Crippen LogP contribution in [0.4, 0.5) is 0 Å². The minimum Gasteiger partial charge on any atom is -0.459 e. The van der Waals surface area contributed by atoms with Crippen LogP contribution in [0.5, 0.6) is 0 Å². The van der Waals surface area contributed by atoms with Crippen LogP contribution in [0.1, 0.15) is 23.0 Å². The second kappa shape index (κ2) is 4.89. The van der Waals surface area contributed by atoms with Gasteiger partial charge in [-0.05, 0) is 19.9 Å². The van der Waals surface area contributed by atoms with E-state index in [0.29, 0.717) is 25.5 Å². The number of nitrogens with two attached hydrogens (primary N) is 1. The van der Waals surface area contributed by atoms with E-state index in [9.17, 15) is 4.79 Å². The highest BCUT2D eigenvalue weighted by molar-refractivity contribution is 5.92. The van der Waals surface area contributed by atoms with Crippen molar-refractivity contribution < 1.29 is 13.9 Å². The summed E-state index contributed by atoms with van der Waals surface area (Å²) < 4.78 is 10.7. The molecule has 0 bridgehead atoms. The highest BCUT2D eigenvalue weighted by Crippen LogP contribution is 2.15. The molecule has 0 spiro atoms. The van der Waals surface area contributed by atoms with Gasteiger partial charge in [0.1, 0.15) is 0 Å². The summed E-state index contributed by atoms with van der Waals surface area (Å²) in [7, 11) is 0. The van der Waals surface area contributed by atoms with E-state index in [4.69, 9.17) is 14.9 Å². The Morgan fingerprint density at radius 3 is 3.00 bits per heavy atom. The van der Waals surface area contributed by atoms with E-state index in [0.717, 1.165) is 5.56 Å². The lowest BCUT2D eigenvalue weighted by molar-refractivity contribution is -0.0308. The van der Waals surface area contributed by atoms with Crippen LogP contribution in [0.2, 0.25) is 0 Å². The number of rotatable bonds is 2. The Balaban J connectivity index is 2.07. The maximum Gasteiger partial charge on any atom is 0.289 e. The average Bonchev–Trinajstić information content (AvgIpc) is 2.74. The van der Waals surface area contributed by atoms with Crippen LogP contribution in [0.3, 0.4) is 0 Å². The molecule has 1 aromatic rings. The molecular formula is C12H18N2O3. The van der Waals surface area contributed by atoms with Gasteiger partial charge in [0, 0.05) is 24.7 Å². The molecule has 0 radical (unpaired) electrons. The largest absolute Gasteiger partial charge is 0.459 e. The zero-order chi connectivity index (χ0) is 12.4. The molecular weight excluding hydrogens is 220 g/mol. The second-order valence-corrected chi connectivity index (χ2v) is 4.45. The second-order valence-electron chi connectivity index (χ2n) is 4.45. The normalized spacial score (nSPS) is 22.5. The summed E-state index contributed by atoms with van der Waals surface area (Å²) in [6.07, 6.45) is 1.44. The van der Waals surface area contributed by atoms with E-state index in [1.807, 2.05) is 13.8 Å². The monoisotopic (exact) mass is 238 g/mol. The fraction of sp³-hybridized carbons (Fsp3) is 0.583. The average molecular weight is 238 g/mol. The molecule has 0 aromatic carbocycles. The van der Waals surface area contributed by atoms with Crippen LogP contribution in [-0.4, -0.2) is 42.6 Å². The van der Waals surface area contributed by atoms with Crippen LogP contribution in [0.25, 0.3) is 0 Å². The van der Waals surface area contributed by atoms with Gasteiger partial charge in [0.25, 0.3) is 5.91 Å². The SMILES string of the molecule is Cc1ccoc1C(=O)N1CCOC(C(C)N)C1. The van der Waals surface area contributed by atoms with Crippen molar-refractivity contribution in [2.45, 2.75) is 26.0 Å². The van der Waals surface area contributed by atoms with Gasteiger partial charge in [-0.2, -0.15) is 0 Å². The first-order chi connectivity index (χ1) is 8.09. The van der Waals surface area contributed by atoms with Gasteiger partial charge in [-0.3, -0.25) is 4.79 Å². The third-order valence-corrected chi connectivity index (χ3v) is 3.02. The Hall–Kier alpha value is -1.33. The number of ether oxygens (including phenoxy) is 1. The number of hydrogen-bond acceptors (Lipinski definition) is 4. The maximum absolute atomic E-state index is 12.2. The number of furan rings is 1. The molecule has 1 fully saturated rings. The zero-order valence-electron chi connectivity index (χ0n) is 10.2. The van der Waals surface area contributed by atoms with Gasteiger partial charge >= 0.3 is 0 Å². The summed E-state index contributed by atoms with van der Waals surface area (Å²) in [5, 5.41) is 0. The van der Waals surface area contributed by atoms with Crippen LogP contribution < -0.4 is 5.73 Å². The molecule has 2 heterocycles. The van der Waals surface area contributed by atoms with Crippen LogP contribution in [0.15, 0.2) is 16.7 Å². The van der Waals surface area contributed by atoms with Crippen molar-refractivity contribution in [2.75, 3.05) is 19.7 Å². The molecule has 2 N–H and O–H groups in total. The van der Waals surface area contributed by atoms with Gasteiger partial charge in [-0.1, -0.05) is 0 Å². The minimum absolute atomic E-state index is 0.0803. The van der Waals surface area contributed by atoms with Crippen LogP contribution >= 0.6 is 0 Å². The van der Waals surface area contributed by atoms with Gasteiger partial charge in [-0.15, -0.1) is 0 Å². The topological polar surface area (TPSA) is 68.7 Å². The van der Waals surface area contributed by atoms with Crippen LogP contribution in [0, 0.1) is 6.92 Å².